The molecule has 208 valence electrons. The standard InChI is InChI=1S/C32H39F5O/c1-20-2-4-23(5-3-20)26-14-16-28(29(33)18-26)25-12-10-22(11-13-25)21-6-8-24(9-7-21)27-15-17-31(30(34)19-27)38-32(35,36)37/h14-25H,2-13H2,1H3. The van der Waals surface area contributed by atoms with Crippen LogP contribution in [0.2, 0.25) is 0 Å². The molecule has 0 saturated heterocycles. The van der Waals surface area contributed by atoms with Crippen molar-refractivity contribution in [1.29, 1.82) is 0 Å². The summed E-state index contributed by atoms with van der Waals surface area (Å²) in [5.74, 6) is 1.24. The molecule has 0 amide bonds. The summed E-state index contributed by atoms with van der Waals surface area (Å²) in [4.78, 5) is 0. The number of hydrogen-bond acceptors (Lipinski definition) is 1. The van der Waals surface area contributed by atoms with E-state index in [1.165, 1.54) is 37.3 Å². The number of alkyl halides is 3. The lowest BCUT2D eigenvalue weighted by molar-refractivity contribution is -0.275. The molecule has 3 aliphatic carbocycles. The van der Waals surface area contributed by atoms with Crippen LogP contribution in [-0.2, 0) is 0 Å². The van der Waals surface area contributed by atoms with Crippen molar-refractivity contribution in [3.8, 4) is 5.75 Å². The third-order valence-electron chi connectivity index (χ3n) is 9.81. The average molecular weight is 535 g/mol. The molecule has 3 saturated carbocycles. The molecule has 6 heteroatoms. The van der Waals surface area contributed by atoms with Gasteiger partial charge in [0.25, 0.3) is 0 Å². The molecule has 0 aliphatic heterocycles. The Kier molecular flexibility index (Phi) is 8.35. The van der Waals surface area contributed by atoms with Crippen molar-refractivity contribution in [2.75, 3.05) is 0 Å². The van der Waals surface area contributed by atoms with Crippen molar-refractivity contribution < 1.29 is 26.7 Å². The first-order chi connectivity index (χ1) is 18.2. The van der Waals surface area contributed by atoms with Gasteiger partial charge in [-0.05, 0) is 135 Å². The van der Waals surface area contributed by atoms with Gasteiger partial charge in [-0.15, -0.1) is 13.2 Å². The zero-order valence-corrected chi connectivity index (χ0v) is 22.2. The molecular weight excluding hydrogens is 495 g/mol. The number of hydrogen-bond donors (Lipinski definition) is 0. The summed E-state index contributed by atoms with van der Waals surface area (Å²) in [5, 5.41) is 0. The molecule has 0 bridgehead atoms. The summed E-state index contributed by atoms with van der Waals surface area (Å²) in [6.07, 6.45) is 8.10. The quantitative estimate of drug-likeness (QED) is 0.347. The van der Waals surface area contributed by atoms with E-state index in [0.717, 1.165) is 74.5 Å². The molecule has 2 aromatic rings. The largest absolute Gasteiger partial charge is 0.573 e. The summed E-state index contributed by atoms with van der Waals surface area (Å²) >= 11 is 0. The Balaban J connectivity index is 1.11. The van der Waals surface area contributed by atoms with E-state index < -0.39 is 17.9 Å². The molecule has 3 aliphatic rings. The predicted octanol–water partition coefficient (Wildman–Crippen LogP) is 10.4. The van der Waals surface area contributed by atoms with E-state index in [-0.39, 0.29) is 11.7 Å². The second-order valence-electron chi connectivity index (χ2n) is 12.2. The lowest BCUT2D eigenvalue weighted by atomic mass is 9.67. The van der Waals surface area contributed by atoms with Crippen LogP contribution in [0.3, 0.4) is 0 Å². The summed E-state index contributed by atoms with van der Waals surface area (Å²) in [6, 6.07) is 9.90. The fourth-order valence-electron chi connectivity index (χ4n) is 7.53. The van der Waals surface area contributed by atoms with Crippen molar-refractivity contribution in [2.45, 2.75) is 108 Å². The minimum atomic E-state index is -4.90. The molecular formula is C32H39F5O. The van der Waals surface area contributed by atoms with Crippen LogP contribution in [0.5, 0.6) is 5.75 Å². The highest BCUT2D eigenvalue weighted by atomic mass is 19.4. The summed E-state index contributed by atoms with van der Waals surface area (Å²) in [5.41, 5.74) is 2.81. The maximum atomic E-state index is 15.2. The Labute approximate surface area is 223 Å². The van der Waals surface area contributed by atoms with Crippen molar-refractivity contribution in [3.05, 3.63) is 64.7 Å². The van der Waals surface area contributed by atoms with E-state index in [1.807, 2.05) is 6.07 Å². The van der Waals surface area contributed by atoms with Crippen LogP contribution < -0.4 is 4.74 Å². The maximum Gasteiger partial charge on any atom is 0.573 e. The Hall–Kier alpha value is -2.11. The zero-order valence-electron chi connectivity index (χ0n) is 22.2. The van der Waals surface area contributed by atoms with Crippen LogP contribution in [0.15, 0.2) is 36.4 Å². The van der Waals surface area contributed by atoms with E-state index in [0.29, 0.717) is 23.7 Å². The van der Waals surface area contributed by atoms with Crippen molar-refractivity contribution in [3.63, 3.8) is 0 Å². The van der Waals surface area contributed by atoms with Gasteiger partial charge in [-0.3, -0.25) is 0 Å². The van der Waals surface area contributed by atoms with Crippen molar-refractivity contribution >= 4 is 0 Å². The molecule has 0 atom stereocenters. The van der Waals surface area contributed by atoms with Crippen LogP contribution in [0.25, 0.3) is 0 Å². The topological polar surface area (TPSA) is 9.23 Å². The third kappa shape index (κ3) is 6.54. The molecule has 0 aromatic heterocycles. The molecule has 0 N–H and O–H groups in total. The lowest BCUT2D eigenvalue weighted by Gasteiger charge is -2.38. The summed E-state index contributed by atoms with van der Waals surface area (Å²) in [6.45, 7) is 2.31. The fraction of sp³-hybridized carbons (Fsp3) is 0.625. The lowest BCUT2D eigenvalue weighted by Crippen LogP contribution is -2.25. The molecule has 38 heavy (non-hydrogen) atoms. The van der Waals surface area contributed by atoms with Gasteiger partial charge in [0.2, 0.25) is 0 Å². The minimum Gasteiger partial charge on any atom is -0.403 e. The highest BCUT2D eigenvalue weighted by Crippen LogP contribution is 2.47. The summed E-state index contributed by atoms with van der Waals surface area (Å²) in [7, 11) is 0. The number of ether oxygens (including phenoxy) is 1. The highest BCUT2D eigenvalue weighted by Gasteiger charge is 2.34. The van der Waals surface area contributed by atoms with Crippen LogP contribution in [0, 0.1) is 29.4 Å². The van der Waals surface area contributed by atoms with Gasteiger partial charge < -0.3 is 4.74 Å². The second-order valence-corrected chi connectivity index (χ2v) is 12.2. The Morgan fingerprint density at radius 2 is 1.08 bits per heavy atom. The monoisotopic (exact) mass is 534 g/mol. The van der Waals surface area contributed by atoms with Crippen molar-refractivity contribution in [1.82, 2.24) is 0 Å². The van der Waals surface area contributed by atoms with Gasteiger partial charge in [0, 0.05) is 0 Å². The smallest absolute Gasteiger partial charge is 0.403 e. The van der Waals surface area contributed by atoms with E-state index in [1.54, 1.807) is 6.07 Å². The molecule has 0 radical (unpaired) electrons. The molecule has 0 unspecified atom stereocenters. The van der Waals surface area contributed by atoms with Crippen molar-refractivity contribution in [2.24, 2.45) is 17.8 Å². The van der Waals surface area contributed by atoms with Crippen LogP contribution in [0.1, 0.15) is 118 Å². The van der Waals surface area contributed by atoms with Crippen LogP contribution in [-0.4, -0.2) is 6.36 Å². The Morgan fingerprint density at radius 3 is 1.58 bits per heavy atom. The summed E-state index contributed by atoms with van der Waals surface area (Å²) < 4.78 is 70.4. The molecule has 2 aromatic carbocycles. The van der Waals surface area contributed by atoms with E-state index >= 15 is 4.39 Å². The Bertz CT molecular complexity index is 1070. The predicted molar refractivity (Wildman–Crippen MR) is 139 cm³/mol. The first kappa shape index (κ1) is 27.5. The van der Waals surface area contributed by atoms with Gasteiger partial charge in [-0.25, -0.2) is 8.78 Å². The van der Waals surface area contributed by atoms with E-state index in [4.69, 9.17) is 0 Å². The van der Waals surface area contributed by atoms with Gasteiger partial charge in [0.05, 0.1) is 0 Å². The van der Waals surface area contributed by atoms with E-state index in [2.05, 4.69) is 23.8 Å². The minimum absolute atomic E-state index is 0.0241. The normalized spacial score (nSPS) is 30.7. The van der Waals surface area contributed by atoms with Gasteiger partial charge in [-0.1, -0.05) is 38.0 Å². The number of benzene rings is 2. The van der Waals surface area contributed by atoms with E-state index in [9.17, 15) is 17.6 Å². The number of rotatable bonds is 5. The molecule has 0 spiro atoms. The first-order valence-corrected chi connectivity index (χ1v) is 14.5. The third-order valence-corrected chi connectivity index (χ3v) is 9.81. The van der Waals surface area contributed by atoms with Crippen LogP contribution in [0.4, 0.5) is 22.0 Å². The molecule has 3 fully saturated rings. The SMILES string of the molecule is CC1CCC(c2ccc(C3CCC(C4CCC(c5ccc(OC(F)(F)F)c(F)c5)CC4)CC3)c(F)c2)CC1. The second kappa shape index (κ2) is 11.6. The Morgan fingerprint density at radius 1 is 0.605 bits per heavy atom. The van der Waals surface area contributed by atoms with Gasteiger partial charge >= 0.3 is 6.36 Å². The molecule has 5 rings (SSSR count). The fourth-order valence-corrected chi connectivity index (χ4v) is 7.53. The maximum absolute atomic E-state index is 15.2. The molecule has 0 heterocycles. The van der Waals surface area contributed by atoms with Crippen LogP contribution >= 0.6 is 0 Å². The zero-order chi connectivity index (χ0) is 26.9. The highest BCUT2D eigenvalue weighted by molar-refractivity contribution is 5.32. The van der Waals surface area contributed by atoms with Gasteiger partial charge in [0.15, 0.2) is 11.6 Å². The van der Waals surface area contributed by atoms with Gasteiger partial charge in [-0.2, -0.15) is 0 Å². The molecule has 1 nitrogen and oxygen atoms in total. The average Bonchev–Trinajstić information content (AvgIpc) is 2.90. The van der Waals surface area contributed by atoms with Gasteiger partial charge in [0.1, 0.15) is 5.82 Å². The first-order valence-electron chi connectivity index (χ1n) is 14.5. The number of halogens is 5.